The maximum absolute atomic E-state index is 5.74. The van der Waals surface area contributed by atoms with Crippen molar-refractivity contribution in [2.24, 2.45) is 11.3 Å². The number of rotatable bonds is 1. The molecule has 0 bridgehead atoms. The van der Waals surface area contributed by atoms with Crippen LogP contribution in [0.3, 0.4) is 0 Å². The summed E-state index contributed by atoms with van der Waals surface area (Å²) in [6, 6.07) is 0. The van der Waals surface area contributed by atoms with Gasteiger partial charge in [0, 0.05) is 11.3 Å². The first-order valence-corrected chi connectivity index (χ1v) is 4.68. The molecule has 0 radical (unpaired) electrons. The third kappa shape index (κ3) is 1.38. The second-order valence-corrected chi connectivity index (χ2v) is 4.77. The van der Waals surface area contributed by atoms with Gasteiger partial charge in [0.05, 0.1) is 13.2 Å². The molecular weight excluding hydrogens is 152 g/mol. The average Bonchev–Trinajstić information content (AvgIpc) is 2.31. The van der Waals surface area contributed by atoms with Gasteiger partial charge in [-0.2, -0.15) is 0 Å². The molecule has 0 aromatic rings. The van der Waals surface area contributed by atoms with Gasteiger partial charge in [0.25, 0.3) is 0 Å². The van der Waals surface area contributed by atoms with Crippen LogP contribution in [0.25, 0.3) is 0 Å². The van der Waals surface area contributed by atoms with Crippen molar-refractivity contribution < 1.29 is 9.47 Å². The number of hydrogen-bond acceptors (Lipinski definition) is 2. The molecule has 1 fully saturated rings. The summed E-state index contributed by atoms with van der Waals surface area (Å²) in [5.41, 5.74) is 0.0532. The van der Waals surface area contributed by atoms with E-state index in [1.807, 2.05) is 0 Å². The maximum atomic E-state index is 5.74. The van der Waals surface area contributed by atoms with Crippen LogP contribution >= 0.6 is 0 Å². The van der Waals surface area contributed by atoms with Gasteiger partial charge in [0.2, 0.25) is 0 Å². The van der Waals surface area contributed by atoms with E-state index >= 15 is 0 Å². The van der Waals surface area contributed by atoms with Crippen LogP contribution < -0.4 is 0 Å². The highest BCUT2D eigenvalue weighted by Crippen LogP contribution is 2.43. The van der Waals surface area contributed by atoms with Crippen molar-refractivity contribution in [2.45, 2.75) is 40.4 Å². The summed E-state index contributed by atoms with van der Waals surface area (Å²) in [6.45, 7) is 12.3. The lowest BCUT2D eigenvalue weighted by atomic mass is 9.79. The van der Waals surface area contributed by atoms with Gasteiger partial charge in [-0.15, -0.1) is 0 Å². The minimum atomic E-state index is -0.368. The summed E-state index contributed by atoms with van der Waals surface area (Å²) in [6.07, 6.45) is 0. The summed E-state index contributed by atoms with van der Waals surface area (Å²) in [7, 11) is 0. The molecule has 0 atom stereocenters. The molecule has 0 amide bonds. The molecule has 2 heteroatoms. The van der Waals surface area contributed by atoms with Crippen LogP contribution in [-0.4, -0.2) is 19.0 Å². The second-order valence-electron chi connectivity index (χ2n) is 4.77. The third-order valence-corrected chi connectivity index (χ3v) is 2.52. The SMILES string of the molecule is CC(C)C1(C(C)(C)C)OCCO1. The molecular formula is C10H20O2. The van der Waals surface area contributed by atoms with Crippen LogP contribution in [-0.2, 0) is 9.47 Å². The molecule has 1 rings (SSSR count). The first kappa shape index (κ1) is 10.0. The van der Waals surface area contributed by atoms with Crippen LogP contribution in [0.4, 0.5) is 0 Å². The lowest BCUT2D eigenvalue weighted by Crippen LogP contribution is -2.48. The second kappa shape index (κ2) is 3.00. The predicted octanol–water partition coefficient (Wildman–Crippen LogP) is 2.43. The van der Waals surface area contributed by atoms with Crippen molar-refractivity contribution in [2.75, 3.05) is 13.2 Å². The van der Waals surface area contributed by atoms with Crippen molar-refractivity contribution in [3.63, 3.8) is 0 Å². The molecule has 2 nitrogen and oxygen atoms in total. The molecule has 1 saturated heterocycles. The molecule has 0 aromatic heterocycles. The molecule has 0 N–H and O–H groups in total. The summed E-state index contributed by atoms with van der Waals surface area (Å²) in [5, 5.41) is 0. The Bertz CT molecular complexity index is 150. The zero-order valence-electron chi connectivity index (χ0n) is 8.81. The lowest BCUT2D eigenvalue weighted by molar-refractivity contribution is -0.249. The monoisotopic (exact) mass is 172 g/mol. The van der Waals surface area contributed by atoms with Gasteiger partial charge in [-0.05, 0) is 0 Å². The molecule has 0 aromatic carbocycles. The average molecular weight is 172 g/mol. The van der Waals surface area contributed by atoms with Crippen LogP contribution in [0, 0.1) is 11.3 Å². The van der Waals surface area contributed by atoms with Gasteiger partial charge in [0.1, 0.15) is 0 Å². The zero-order chi connectivity index (χ0) is 9.41. The molecule has 0 unspecified atom stereocenters. The highest BCUT2D eigenvalue weighted by molar-refractivity contribution is 4.89. The lowest BCUT2D eigenvalue weighted by Gasteiger charge is -2.42. The summed E-state index contributed by atoms with van der Waals surface area (Å²) in [4.78, 5) is 0. The topological polar surface area (TPSA) is 18.5 Å². The van der Waals surface area contributed by atoms with E-state index in [9.17, 15) is 0 Å². The smallest absolute Gasteiger partial charge is 0.175 e. The predicted molar refractivity (Wildman–Crippen MR) is 48.9 cm³/mol. The van der Waals surface area contributed by atoms with Crippen molar-refractivity contribution >= 4 is 0 Å². The Labute approximate surface area is 75.2 Å². The molecule has 0 aliphatic carbocycles. The fourth-order valence-electron chi connectivity index (χ4n) is 2.06. The minimum Gasteiger partial charge on any atom is -0.347 e. The number of ether oxygens (including phenoxy) is 2. The van der Waals surface area contributed by atoms with E-state index < -0.39 is 0 Å². The first-order valence-electron chi connectivity index (χ1n) is 4.68. The van der Waals surface area contributed by atoms with Crippen molar-refractivity contribution in [3.05, 3.63) is 0 Å². The quantitative estimate of drug-likeness (QED) is 0.605. The van der Waals surface area contributed by atoms with E-state index in [0.717, 1.165) is 13.2 Å². The third-order valence-electron chi connectivity index (χ3n) is 2.52. The standard InChI is InChI=1S/C10H20O2/c1-8(2)10(9(3,4)5)11-6-7-12-10/h8H,6-7H2,1-5H3. The Hall–Kier alpha value is -0.0800. The van der Waals surface area contributed by atoms with E-state index in [0.29, 0.717) is 5.92 Å². The molecule has 1 heterocycles. The Morgan fingerprint density at radius 3 is 1.67 bits per heavy atom. The first-order chi connectivity index (χ1) is 5.40. The van der Waals surface area contributed by atoms with Gasteiger partial charge in [-0.1, -0.05) is 34.6 Å². The summed E-state index contributed by atoms with van der Waals surface area (Å²) < 4.78 is 11.5. The summed E-state index contributed by atoms with van der Waals surface area (Å²) >= 11 is 0. The van der Waals surface area contributed by atoms with Crippen LogP contribution in [0.15, 0.2) is 0 Å². The van der Waals surface area contributed by atoms with Crippen LogP contribution in [0.2, 0.25) is 0 Å². The Morgan fingerprint density at radius 2 is 1.50 bits per heavy atom. The maximum Gasteiger partial charge on any atom is 0.175 e. The van der Waals surface area contributed by atoms with E-state index in [1.165, 1.54) is 0 Å². The van der Waals surface area contributed by atoms with Crippen molar-refractivity contribution in [1.29, 1.82) is 0 Å². The van der Waals surface area contributed by atoms with Crippen molar-refractivity contribution in [1.82, 2.24) is 0 Å². The highest BCUT2D eigenvalue weighted by Gasteiger charge is 2.49. The van der Waals surface area contributed by atoms with E-state index in [1.54, 1.807) is 0 Å². The molecule has 1 aliphatic rings. The normalized spacial score (nSPS) is 23.5. The van der Waals surface area contributed by atoms with Gasteiger partial charge in [-0.3, -0.25) is 0 Å². The molecule has 72 valence electrons. The molecule has 12 heavy (non-hydrogen) atoms. The fourth-order valence-corrected chi connectivity index (χ4v) is 2.06. The van der Waals surface area contributed by atoms with Crippen LogP contribution in [0.1, 0.15) is 34.6 Å². The Morgan fingerprint density at radius 1 is 1.08 bits per heavy atom. The fraction of sp³-hybridized carbons (Fsp3) is 1.00. The minimum absolute atomic E-state index is 0.0532. The van der Waals surface area contributed by atoms with E-state index in [2.05, 4.69) is 34.6 Å². The van der Waals surface area contributed by atoms with Gasteiger partial charge in [-0.25, -0.2) is 0 Å². The molecule has 0 spiro atoms. The largest absolute Gasteiger partial charge is 0.347 e. The number of hydrogen-bond donors (Lipinski definition) is 0. The molecule has 1 aliphatic heterocycles. The van der Waals surface area contributed by atoms with E-state index in [4.69, 9.17) is 9.47 Å². The van der Waals surface area contributed by atoms with Crippen molar-refractivity contribution in [3.8, 4) is 0 Å². The molecule has 0 saturated carbocycles. The van der Waals surface area contributed by atoms with E-state index in [-0.39, 0.29) is 11.2 Å². The van der Waals surface area contributed by atoms with Gasteiger partial charge >= 0.3 is 0 Å². The van der Waals surface area contributed by atoms with Crippen LogP contribution in [0.5, 0.6) is 0 Å². The Balaban J connectivity index is 2.87. The van der Waals surface area contributed by atoms with Gasteiger partial charge in [0.15, 0.2) is 5.79 Å². The van der Waals surface area contributed by atoms with Gasteiger partial charge < -0.3 is 9.47 Å². The summed E-state index contributed by atoms with van der Waals surface area (Å²) in [5.74, 6) is 0.0347. The Kier molecular flexibility index (Phi) is 2.50. The highest BCUT2D eigenvalue weighted by atomic mass is 16.7. The zero-order valence-corrected chi connectivity index (χ0v) is 8.81.